The minimum atomic E-state index is -0.00870. The normalized spacial score (nSPS) is 15.0. The Labute approximate surface area is 155 Å². The van der Waals surface area contributed by atoms with E-state index in [1.807, 2.05) is 26.0 Å². The van der Waals surface area contributed by atoms with Crippen LogP contribution in [0.1, 0.15) is 60.0 Å². The van der Waals surface area contributed by atoms with Gasteiger partial charge in [0, 0.05) is 12.1 Å². The van der Waals surface area contributed by atoms with Gasteiger partial charge in [-0.05, 0) is 61.2 Å². The van der Waals surface area contributed by atoms with Crippen molar-refractivity contribution in [3.63, 3.8) is 0 Å². The lowest BCUT2D eigenvalue weighted by Crippen LogP contribution is -2.12. The maximum absolute atomic E-state index is 12.7. The van der Waals surface area contributed by atoms with Gasteiger partial charge in [-0.25, -0.2) is 0 Å². The van der Waals surface area contributed by atoms with Crippen molar-refractivity contribution in [1.82, 2.24) is 0 Å². The number of phenols is 1. The maximum Gasteiger partial charge on any atom is 0.167 e. The van der Waals surface area contributed by atoms with Crippen molar-refractivity contribution in [3.05, 3.63) is 47.0 Å². The third kappa shape index (κ3) is 4.18. The highest BCUT2D eigenvalue weighted by atomic mass is 16.5. The van der Waals surface area contributed by atoms with Crippen LogP contribution in [0, 0.1) is 19.8 Å². The van der Waals surface area contributed by atoms with Crippen molar-refractivity contribution in [2.75, 3.05) is 5.73 Å². The third-order valence-corrected chi connectivity index (χ3v) is 5.17. The summed E-state index contributed by atoms with van der Waals surface area (Å²) >= 11 is 0. The number of benzene rings is 2. The molecule has 2 aromatic carbocycles. The Morgan fingerprint density at radius 3 is 2.42 bits per heavy atom. The Kier molecular flexibility index (Phi) is 5.50. The van der Waals surface area contributed by atoms with Crippen LogP contribution in [0.25, 0.3) is 0 Å². The molecule has 0 saturated heterocycles. The van der Waals surface area contributed by atoms with Crippen molar-refractivity contribution in [1.29, 1.82) is 0 Å². The molecule has 1 saturated carbocycles. The molecule has 1 aliphatic rings. The van der Waals surface area contributed by atoms with E-state index in [-0.39, 0.29) is 11.5 Å². The Morgan fingerprint density at radius 1 is 1.12 bits per heavy atom. The molecular weight excluding hydrogens is 326 g/mol. The lowest BCUT2D eigenvalue weighted by molar-refractivity contribution is 0.0947. The standard InChI is InChI=1S/C22H27NO3/c1-14-10-17(23)11-15(2)22(14)26-18-8-9-20(24)19(13-18)21(25)12-16-6-4-3-5-7-16/h8-11,13,16,24H,3-7,12,23H2,1-2H3. The van der Waals surface area contributed by atoms with Crippen LogP contribution >= 0.6 is 0 Å². The van der Waals surface area contributed by atoms with Gasteiger partial charge in [0.05, 0.1) is 5.56 Å². The zero-order chi connectivity index (χ0) is 18.7. The first-order valence-electron chi connectivity index (χ1n) is 9.35. The summed E-state index contributed by atoms with van der Waals surface area (Å²) < 4.78 is 6.01. The molecule has 0 aliphatic heterocycles. The van der Waals surface area contributed by atoms with Crippen LogP contribution in [0.5, 0.6) is 17.2 Å². The monoisotopic (exact) mass is 353 g/mol. The molecule has 0 aromatic heterocycles. The smallest absolute Gasteiger partial charge is 0.167 e. The third-order valence-electron chi connectivity index (χ3n) is 5.17. The SMILES string of the molecule is Cc1cc(N)cc(C)c1Oc1ccc(O)c(C(=O)CC2CCCCC2)c1. The first-order chi connectivity index (χ1) is 12.4. The van der Waals surface area contributed by atoms with Crippen molar-refractivity contribution in [2.45, 2.75) is 52.4 Å². The molecule has 2 aromatic rings. The Morgan fingerprint density at radius 2 is 1.77 bits per heavy atom. The van der Waals surface area contributed by atoms with Crippen LogP contribution in [0.2, 0.25) is 0 Å². The summed E-state index contributed by atoms with van der Waals surface area (Å²) in [4.78, 5) is 12.7. The molecule has 4 heteroatoms. The summed E-state index contributed by atoms with van der Waals surface area (Å²) in [6, 6.07) is 8.58. The van der Waals surface area contributed by atoms with Gasteiger partial charge in [-0.1, -0.05) is 32.1 Å². The highest BCUT2D eigenvalue weighted by Crippen LogP contribution is 2.34. The second-order valence-corrected chi connectivity index (χ2v) is 7.40. The highest BCUT2D eigenvalue weighted by molar-refractivity contribution is 5.99. The maximum atomic E-state index is 12.7. The van der Waals surface area contributed by atoms with Gasteiger partial charge in [0.25, 0.3) is 0 Å². The minimum Gasteiger partial charge on any atom is -0.507 e. The van der Waals surface area contributed by atoms with E-state index in [1.165, 1.54) is 25.3 Å². The van der Waals surface area contributed by atoms with Gasteiger partial charge < -0.3 is 15.6 Å². The van der Waals surface area contributed by atoms with E-state index >= 15 is 0 Å². The van der Waals surface area contributed by atoms with Crippen molar-refractivity contribution in [3.8, 4) is 17.2 Å². The Hall–Kier alpha value is -2.49. The number of nitrogens with two attached hydrogens (primary N) is 1. The highest BCUT2D eigenvalue weighted by Gasteiger charge is 2.20. The molecular formula is C22H27NO3. The summed E-state index contributed by atoms with van der Waals surface area (Å²) in [6.45, 7) is 3.88. The van der Waals surface area contributed by atoms with Gasteiger partial charge in [0.2, 0.25) is 0 Å². The number of phenolic OH excluding ortho intramolecular Hbond substituents is 1. The van der Waals surface area contributed by atoms with Crippen LogP contribution in [0.15, 0.2) is 30.3 Å². The van der Waals surface area contributed by atoms with Gasteiger partial charge >= 0.3 is 0 Å². The van der Waals surface area contributed by atoms with Crippen molar-refractivity contribution in [2.24, 2.45) is 5.92 Å². The average molecular weight is 353 g/mol. The zero-order valence-corrected chi connectivity index (χ0v) is 15.5. The Bertz CT molecular complexity index is 784. The number of hydrogen-bond acceptors (Lipinski definition) is 4. The second-order valence-electron chi connectivity index (χ2n) is 7.40. The molecule has 0 bridgehead atoms. The van der Waals surface area contributed by atoms with Gasteiger partial charge in [0.1, 0.15) is 17.2 Å². The number of hydrogen-bond donors (Lipinski definition) is 2. The molecule has 4 nitrogen and oxygen atoms in total. The molecule has 3 rings (SSSR count). The fourth-order valence-corrected chi connectivity index (χ4v) is 3.83. The largest absolute Gasteiger partial charge is 0.507 e. The van der Waals surface area contributed by atoms with Gasteiger partial charge in [0.15, 0.2) is 5.78 Å². The summed E-state index contributed by atoms with van der Waals surface area (Å²) in [6.07, 6.45) is 6.36. The fraction of sp³-hybridized carbons (Fsp3) is 0.409. The second kappa shape index (κ2) is 7.81. The molecule has 138 valence electrons. The van der Waals surface area contributed by atoms with E-state index in [0.717, 1.165) is 29.7 Å². The van der Waals surface area contributed by atoms with Gasteiger partial charge in [-0.2, -0.15) is 0 Å². The average Bonchev–Trinajstić information content (AvgIpc) is 2.60. The summed E-state index contributed by atoms with van der Waals surface area (Å²) in [5.41, 5.74) is 8.77. The number of carbonyl (C=O) groups excluding carboxylic acids is 1. The number of ether oxygens (including phenoxy) is 1. The van der Waals surface area contributed by atoms with E-state index in [9.17, 15) is 9.90 Å². The van der Waals surface area contributed by atoms with Gasteiger partial charge in [-0.15, -0.1) is 0 Å². The molecule has 3 N–H and O–H groups in total. The molecule has 1 aliphatic carbocycles. The topological polar surface area (TPSA) is 72.6 Å². The fourth-order valence-electron chi connectivity index (χ4n) is 3.83. The van der Waals surface area contributed by atoms with Crippen molar-refractivity contribution < 1.29 is 14.6 Å². The van der Waals surface area contributed by atoms with E-state index in [1.54, 1.807) is 12.1 Å². The van der Waals surface area contributed by atoms with E-state index in [0.29, 0.717) is 29.3 Å². The molecule has 0 amide bonds. The predicted molar refractivity (Wildman–Crippen MR) is 104 cm³/mol. The lowest BCUT2D eigenvalue weighted by atomic mass is 9.84. The lowest BCUT2D eigenvalue weighted by Gasteiger charge is -2.21. The summed E-state index contributed by atoms with van der Waals surface area (Å²) in [5, 5.41) is 10.2. The molecule has 0 unspecified atom stereocenters. The summed E-state index contributed by atoms with van der Waals surface area (Å²) in [5.74, 6) is 1.72. The number of Topliss-reactive ketones (excluding diaryl/α,β-unsaturated/α-hetero) is 1. The molecule has 26 heavy (non-hydrogen) atoms. The number of nitrogen functional groups attached to an aromatic ring is 1. The number of aromatic hydroxyl groups is 1. The quantitative estimate of drug-likeness (QED) is 0.547. The minimum absolute atomic E-state index is 0.00870. The molecule has 0 radical (unpaired) electrons. The Balaban J connectivity index is 1.80. The van der Waals surface area contributed by atoms with E-state index in [4.69, 9.17) is 10.5 Å². The van der Waals surface area contributed by atoms with E-state index < -0.39 is 0 Å². The van der Waals surface area contributed by atoms with Crippen LogP contribution < -0.4 is 10.5 Å². The van der Waals surface area contributed by atoms with Crippen molar-refractivity contribution >= 4 is 11.5 Å². The number of ketones is 1. The van der Waals surface area contributed by atoms with Crippen LogP contribution in [0.3, 0.4) is 0 Å². The first kappa shape index (κ1) is 18.3. The summed E-state index contributed by atoms with van der Waals surface area (Å²) in [7, 11) is 0. The predicted octanol–water partition coefficient (Wildman–Crippen LogP) is 5.54. The van der Waals surface area contributed by atoms with Gasteiger partial charge in [-0.3, -0.25) is 4.79 Å². The number of carbonyl (C=O) groups is 1. The first-order valence-corrected chi connectivity index (χ1v) is 9.35. The molecule has 0 spiro atoms. The van der Waals surface area contributed by atoms with Crippen LogP contribution in [-0.4, -0.2) is 10.9 Å². The molecule has 0 heterocycles. The molecule has 1 fully saturated rings. The number of rotatable bonds is 5. The number of aryl methyl sites for hydroxylation is 2. The van der Waals surface area contributed by atoms with Crippen LogP contribution in [0.4, 0.5) is 5.69 Å². The molecule has 0 atom stereocenters. The number of anilines is 1. The zero-order valence-electron chi connectivity index (χ0n) is 15.5. The van der Waals surface area contributed by atoms with Crippen LogP contribution in [-0.2, 0) is 0 Å². The van der Waals surface area contributed by atoms with E-state index in [2.05, 4.69) is 0 Å².